The van der Waals surface area contributed by atoms with Crippen LogP contribution < -0.4 is 10.2 Å². The molecule has 1 amide bonds. The third kappa shape index (κ3) is 3.14. The van der Waals surface area contributed by atoms with Gasteiger partial charge in [0.1, 0.15) is 23.7 Å². The molecular weight excluding hydrogens is 290 g/mol. The lowest BCUT2D eigenvalue weighted by molar-refractivity contribution is -0.117. The van der Waals surface area contributed by atoms with Gasteiger partial charge in [-0.2, -0.15) is 5.26 Å². The van der Waals surface area contributed by atoms with Crippen LogP contribution in [-0.4, -0.2) is 28.5 Å². The van der Waals surface area contributed by atoms with Gasteiger partial charge in [-0.3, -0.25) is 4.79 Å². The largest absolute Gasteiger partial charge is 0.343 e. The summed E-state index contributed by atoms with van der Waals surface area (Å²) < 4.78 is 0. The standard InChI is InChI=1S/C17H17N5O/c1-12-5-2-8-15(20-12)21-17(23)14-7-4-10-22(14)16-13(11-18)6-3-9-19-16/h2-3,5-6,8-9,14H,4,7,10H2,1H3,(H,20,21,23)/t14-/m0/s1. The molecule has 1 fully saturated rings. The minimum Gasteiger partial charge on any atom is -0.343 e. The molecule has 116 valence electrons. The lowest BCUT2D eigenvalue weighted by Gasteiger charge is -2.25. The highest BCUT2D eigenvalue weighted by atomic mass is 16.2. The number of amides is 1. The number of nitriles is 1. The maximum atomic E-state index is 12.6. The van der Waals surface area contributed by atoms with Crippen LogP contribution >= 0.6 is 0 Å². The van der Waals surface area contributed by atoms with Crippen molar-refractivity contribution in [2.45, 2.75) is 25.8 Å². The topological polar surface area (TPSA) is 81.9 Å². The zero-order valence-electron chi connectivity index (χ0n) is 12.9. The van der Waals surface area contributed by atoms with Crippen molar-refractivity contribution in [3.8, 4) is 6.07 Å². The fraction of sp³-hybridized carbons (Fsp3) is 0.294. The molecule has 6 heteroatoms. The van der Waals surface area contributed by atoms with Gasteiger partial charge in [0.15, 0.2) is 0 Å². The Kier molecular flexibility index (Phi) is 4.20. The maximum absolute atomic E-state index is 12.6. The second-order valence-corrected chi connectivity index (χ2v) is 5.49. The van der Waals surface area contributed by atoms with E-state index in [1.165, 1.54) is 0 Å². The normalized spacial score (nSPS) is 16.9. The molecule has 6 nitrogen and oxygen atoms in total. The van der Waals surface area contributed by atoms with Gasteiger partial charge in [0.05, 0.1) is 5.56 Å². The quantitative estimate of drug-likeness (QED) is 0.940. The molecule has 0 aliphatic carbocycles. The molecule has 2 aromatic rings. The Balaban J connectivity index is 1.81. The number of carbonyl (C=O) groups is 1. The number of nitrogens with zero attached hydrogens (tertiary/aromatic N) is 4. The fourth-order valence-corrected chi connectivity index (χ4v) is 2.83. The third-order valence-electron chi connectivity index (χ3n) is 3.87. The summed E-state index contributed by atoms with van der Waals surface area (Å²) in [5.41, 5.74) is 1.34. The molecule has 3 heterocycles. The van der Waals surface area contributed by atoms with E-state index in [1.807, 2.05) is 24.0 Å². The number of anilines is 2. The molecule has 0 bridgehead atoms. The number of rotatable bonds is 3. The number of carbonyl (C=O) groups excluding carboxylic acids is 1. The van der Waals surface area contributed by atoms with Crippen LogP contribution in [0.2, 0.25) is 0 Å². The van der Waals surface area contributed by atoms with E-state index in [-0.39, 0.29) is 11.9 Å². The molecule has 1 saturated heterocycles. The van der Waals surface area contributed by atoms with Gasteiger partial charge < -0.3 is 10.2 Å². The summed E-state index contributed by atoms with van der Waals surface area (Å²) in [7, 11) is 0. The van der Waals surface area contributed by atoms with Crippen LogP contribution in [0.5, 0.6) is 0 Å². The average Bonchev–Trinajstić information content (AvgIpc) is 3.04. The van der Waals surface area contributed by atoms with Crippen molar-refractivity contribution >= 4 is 17.5 Å². The first kappa shape index (κ1) is 15.0. The molecule has 1 aliphatic heterocycles. The van der Waals surface area contributed by atoms with Crippen LogP contribution in [0.4, 0.5) is 11.6 Å². The first-order valence-corrected chi connectivity index (χ1v) is 7.55. The van der Waals surface area contributed by atoms with Crippen molar-refractivity contribution in [1.29, 1.82) is 5.26 Å². The smallest absolute Gasteiger partial charge is 0.248 e. The fourth-order valence-electron chi connectivity index (χ4n) is 2.83. The highest BCUT2D eigenvalue weighted by Crippen LogP contribution is 2.27. The number of aryl methyl sites for hydroxylation is 1. The van der Waals surface area contributed by atoms with Crippen molar-refractivity contribution < 1.29 is 4.79 Å². The molecule has 0 saturated carbocycles. The lowest BCUT2D eigenvalue weighted by atomic mass is 10.2. The van der Waals surface area contributed by atoms with Crippen molar-refractivity contribution in [1.82, 2.24) is 9.97 Å². The molecular formula is C17H17N5O. The Bertz CT molecular complexity index is 768. The molecule has 3 rings (SSSR count). The van der Waals surface area contributed by atoms with E-state index < -0.39 is 0 Å². The predicted molar refractivity (Wildman–Crippen MR) is 86.9 cm³/mol. The molecule has 0 unspecified atom stereocenters. The molecule has 0 spiro atoms. The summed E-state index contributed by atoms with van der Waals surface area (Å²) in [6.07, 6.45) is 3.27. The molecule has 0 radical (unpaired) electrons. The average molecular weight is 307 g/mol. The minimum absolute atomic E-state index is 0.116. The second kappa shape index (κ2) is 6.44. The summed E-state index contributed by atoms with van der Waals surface area (Å²) in [5, 5.41) is 12.1. The van der Waals surface area contributed by atoms with E-state index in [9.17, 15) is 10.1 Å². The van der Waals surface area contributed by atoms with Crippen molar-refractivity contribution in [2.75, 3.05) is 16.8 Å². The highest BCUT2D eigenvalue weighted by Gasteiger charge is 2.33. The number of pyridine rings is 2. The van der Waals surface area contributed by atoms with Crippen molar-refractivity contribution in [2.24, 2.45) is 0 Å². The van der Waals surface area contributed by atoms with Crippen LogP contribution in [0.25, 0.3) is 0 Å². The molecule has 1 N–H and O–H groups in total. The summed E-state index contributed by atoms with van der Waals surface area (Å²) in [4.78, 5) is 23.1. The molecule has 1 aliphatic rings. The van der Waals surface area contributed by atoms with Crippen LogP contribution in [0, 0.1) is 18.3 Å². The predicted octanol–water partition coefficient (Wildman–Crippen LogP) is 2.26. The Morgan fingerprint density at radius 2 is 2.26 bits per heavy atom. The maximum Gasteiger partial charge on any atom is 0.248 e. The second-order valence-electron chi connectivity index (χ2n) is 5.49. The van der Waals surface area contributed by atoms with Gasteiger partial charge in [0.25, 0.3) is 0 Å². The van der Waals surface area contributed by atoms with Crippen molar-refractivity contribution in [3.05, 3.63) is 47.8 Å². The SMILES string of the molecule is Cc1cccc(NC(=O)[C@@H]2CCCN2c2ncccc2C#N)n1. The zero-order valence-corrected chi connectivity index (χ0v) is 12.9. The van der Waals surface area contributed by atoms with Crippen LogP contribution in [0.15, 0.2) is 36.5 Å². The van der Waals surface area contributed by atoms with Gasteiger partial charge in [0, 0.05) is 18.4 Å². The van der Waals surface area contributed by atoms with Gasteiger partial charge in [-0.1, -0.05) is 6.07 Å². The number of nitrogens with one attached hydrogen (secondary N) is 1. The van der Waals surface area contributed by atoms with Crippen LogP contribution in [-0.2, 0) is 4.79 Å². The first-order valence-electron chi connectivity index (χ1n) is 7.55. The van der Waals surface area contributed by atoms with Gasteiger partial charge in [-0.05, 0) is 44.0 Å². The third-order valence-corrected chi connectivity index (χ3v) is 3.87. The zero-order chi connectivity index (χ0) is 16.2. The first-order chi connectivity index (χ1) is 11.2. The molecule has 23 heavy (non-hydrogen) atoms. The Hall–Kier alpha value is -2.94. The minimum atomic E-state index is -0.334. The van der Waals surface area contributed by atoms with Gasteiger partial charge in [-0.15, -0.1) is 0 Å². The number of hydrogen-bond donors (Lipinski definition) is 1. The lowest BCUT2D eigenvalue weighted by Crippen LogP contribution is -2.40. The molecule has 0 aromatic carbocycles. The van der Waals surface area contributed by atoms with E-state index in [0.717, 1.165) is 18.5 Å². The van der Waals surface area contributed by atoms with E-state index in [0.29, 0.717) is 23.7 Å². The molecule has 2 aromatic heterocycles. The summed E-state index contributed by atoms with van der Waals surface area (Å²) in [5.74, 6) is 1.00. The highest BCUT2D eigenvalue weighted by molar-refractivity contribution is 5.96. The van der Waals surface area contributed by atoms with E-state index in [2.05, 4.69) is 21.4 Å². The monoisotopic (exact) mass is 307 g/mol. The van der Waals surface area contributed by atoms with Gasteiger partial charge in [-0.25, -0.2) is 9.97 Å². The molecule has 1 atom stereocenters. The van der Waals surface area contributed by atoms with E-state index in [4.69, 9.17) is 0 Å². The Morgan fingerprint density at radius 3 is 3.04 bits per heavy atom. The van der Waals surface area contributed by atoms with Gasteiger partial charge in [0.2, 0.25) is 5.91 Å². The summed E-state index contributed by atoms with van der Waals surface area (Å²) in [6.45, 7) is 2.59. The van der Waals surface area contributed by atoms with Crippen LogP contribution in [0.3, 0.4) is 0 Å². The Labute approximate surface area is 134 Å². The van der Waals surface area contributed by atoms with E-state index in [1.54, 1.807) is 24.4 Å². The van der Waals surface area contributed by atoms with Crippen molar-refractivity contribution in [3.63, 3.8) is 0 Å². The van der Waals surface area contributed by atoms with Gasteiger partial charge >= 0.3 is 0 Å². The Morgan fingerprint density at radius 1 is 1.39 bits per heavy atom. The number of aromatic nitrogens is 2. The van der Waals surface area contributed by atoms with E-state index >= 15 is 0 Å². The summed E-state index contributed by atoms with van der Waals surface area (Å²) in [6, 6.07) is 10.8. The number of hydrogen-bond acceptors (Lipinski definition) is 5. The van der Waals surface area contributed by atoms with Crippen LogP contribution in [0.1, 0.15) is 24.1 Å². The summed E-state index contributed by atoms with van der Waals surface area (Å²) >= 11 is 0.